The first-order valence-electron chi connectivity index (χ1n) is 14.8. The van der Waals surface area contributed by atoms with Crippen molar-refractivity contribution in [1.82, 2.24) is 5.32 Å². The van der Waals surface area contributed by atoms with Crippen molar-refractivity contribution in [3.8, 4) is 5.75 Å². The highest BCUT2D eigenvalue weighted by atomic mass is 16.5. The predicted molar refractivity (Wildman–Crippen MR) is 167 cm³/mol. The summed E-state index contributed by atoms with van der Waals surface area (Å²) in [6.07, 6.45) is 1.67. The first-order valence-corrected chi connectivity index (χ1v) is 14.8. The van der Waals surface area contributed by atoms with E-state index in [0.717, 1.165) is 28.0 Å². The number of Topliss-reactive ketones (excluding diaryl/α,β-unsaturated/α-hetero) is 1. The van der Waals surface area contributed by atoms with Gasteiger partial charge in [0.25, 0.3) is 0 Å². The molecular formula is C38H35NO4. The summed E-state index contributed by atoms with van der Waals surface area (Å²) in [5, 5.41) is 3.46. The van der Waals surface area contributed by atoms with Crippen molar-refractivity contribution in [2.45, 2.75) is 44.6 Å². The molecule has 0 saturated heterocycles. The van der Waals surface area contributed by atoms with Crippen LogP contribution in [0.5, 0.6) is 5.75 Å². The third-order valence-corrected chi connectivity index (χ3v) is 8.25. The van der Waals surface area contributed by atoms with E-state index in [2.05, 4.69) is 17.4 Å². The van der Waals surface area contributed by atoms with Gasteiger partial charge in [0.05, 0.1) is 18.1 Å². The molecule has 0 bridgehead atoms. The second-order valence-corrected chi connectivity index (χ2v) is 11.1. The zero-order valence-electron chi connectivity index (χ0n) is 24.3. The van der Waals surface area contributed by atoms with Crippen LogP contribution < -0.4 is 10.1 Å². The van der Waals surface area contributed by atoms with Crippen LogP contribution in [0.15, 0.2) is 138 Å². The molecule has 2 atom stereocenters. The monoisotopic (exact) mass is 569 g/mol. The van der Waals surface area contributed by atoms with Crippen molar-refractivity contribution in [1.29, 1.82) is 0 Å². The second kappa shape index (κ2) is 13.0. The number of hydrogen-bond acceptors (Lipinski definition) is 5. The Labute approximate surface area is 252 Å². The van der Waals surface area contributed by atoms with Gasteiger partial charge in [-0.25, -0.2) is 4.79 Å². The number of dihydropyridines is 1. The number of hydrogen-bond donors (Lipinski definition) is 1. The largest absolute Gasteiger partial charge is 0.489 e. The Morgan fingerprint density at radius 3 is 2.14 bits per heavy atom. The zero-order valence-corrected chi connectivity index (χ0v) is 24.3. The molecule has 4 aromatic rings. The number of para-hydroxylation sites is 1. The van der Waals surface area contributed by atoms with Gasteiger partial charge in [0.2, 0.25) is 0 Å². The molecule has 1 aliphatic heterocycles. The van der Waals surface area contributed by atoms with E-state index in [9.17, 15) is 9.59 Å². The lowest BCUT2D eigenvalue weighted by Crippen LogP contribution is -2.36. The third kappa shape index (κ3) is 6.31. The van der Waals surface area contributed by atoms with Gasteiger partial charge in [0, 0.05) is 35.4 Å². The molecule has 4 aromatic carbocycles. The van der Waals surface area contributed by atoms with Gasteiger partial charge in [-0.2, -0.15) is 0 Å². The van der Waals surface area contributed by atoms with Crippen molar-refractivity contribution >= 4 is 11.8 Å². The van der Waals surface area contributed by atoms with Crippen LogP contribution in [0.3, 0.4) is 0 Å². The van der Waals surface area contributed by atoms with E-state index in [1.54, 1.807) is 0 Å². The number of rotatable bonds is 9. The van der Waals surface area contributed by atoms with Gasteiger partial charge < -0.3 is 14.8 Å². The third-order valence-electron chi connectivity index (χ3n) is 8.25. The molecule has 5 heteroatoms. The van der Waals surface area contributed by atoms with E-state index in [4.69, 9.17) is 9.47 Å². The molecule has 0 unspecified atom stereocenters. The molecule has 0 fully saturated rings. The number of ketones is 1. The maximum atomic E-state index is 14.0. The van der Waals surface area contributed by atoms with Gasteiger partial charge in [-0.05, 0) is 42.0 Å². The Hall–Kier alpha value is -4.90. The van der Waals surface area contributed by atoms with E-state index in [1.165, 1.54) is 0 Å². The minimum absolute atomic E-state index is 0.0348. The number of carbonyl (C=O) groups is 2. The van der Waals surface area contributed by atoms with Crippen molar-refractivity contribution in [3.63, 3.8) is 0 Å². The first kappa shape index (κ1) is 28.2. The molecule has 0 saturated carbocycles. The maximum Gasteiger partial charge on any atom is 0.336 e. The fourth-order valence-electron chi connectivity index (χ4n) is 6.15. The Bertz CT molecular complexity index is 1660. The normalized spacial score (nSPS) is 18.1. The standard InChI is InChI=1S/C38H35NO4/c1-26-35(38(41)42-22-21-27-13-5-2-6-14-27)36(31-19-11-12-20-34(31)43-25-28-15-7-3-8-16-28)37-32(39-26)23-30(24-33(37)40)29-17-9-4-10-18-29/h2-20,30,36,39H,21-25H2,1H3/t30-,36-/m1/s1. The van der Waals surface area contributed by atoms with E-state index >= 15 is 0 Å². The first-order chi connectivity index (χ1) is 21.1. The average molecular weight is 570 g/mol. The fraction of sp³-hybridized carbons (Fsp3) is 0.211. The summed E-state index contributed by atoms with van der Waals surface area (Å²) in [7, 11) is 0. The molecule has 43 heavy (non-hydrogen) atoms. The molecule has 6 rings (SSSR count). The van der Waals surface area contributed by atoms with Crippen LogP contribution in [0.2, 0.25) is 0 Å². The smallest absolute Gasteiger partial charge is 0.336 e. The Morgan fingerprint density at radius 1 is 0.791 bits per heavy atom. The highest BCUT2D eigenvalue weighted by Crippen LogP contribution is 2.47. The molecule has 1 N–H and O–H groups in total. The molecule has 0 amide bonds. The van der Waals surface area contributed by atoms with E-state index < -0.39 is 11.9 Å². The van der Waals surface area contributed by atoms with Crippen LogP contribution in [0, 0.1) is 0 Å². The lowest BCUT2D eigenvalue weighted by molar-refractivity contribution is -0.139. The molecule has 1 heterocycles. The molecule has 0 radical (unpaired) electrons. The highest BCUT2D eigenvalue weighted by Gasteiger charge is 2.42. The molecule has 0 aromatic heterocycles. The van der Waals surface area contributed by atoms with E-state index in [1.807, 2.05) is 110 Å². The van der Waals surface area contributed by atoms with Crippen LogP contribution in [-0.4, -0.2) is 18.4 Å². The van der Waals surface area contributed by atoms with Crippen LogP contribution in [0.25, 0.3) is 0 Å². The van der Waals surface area contributed by atoms with Crippen molar-refractivity contribution < 1.29 is 19.1 Å². The highest BCUT2D eigenvalue weighted by molar-refractivity contribution is 6.04. The predicted octanol–water partition coefficient (Wildman–Crippen LogP) is 7.41. The second-order valence-electron chi connectivity index (χ2n) is 11.1. The van der Waals surface area contributed by atoms with E-state index in [-0.39, 0.29) is 18.3 Å². The summed E-state index contributed by atoms with van der Waals surface area (Å²) in [6.45, 7) is 2.52. The summed E-state index contributed by atoms with van der Waals surface area (Å²) >= 11 is 0. The van der Waals surface area contributed by atoms with Crippen LogP contribution in [0.1, 0.15) is 53.9 Å². The lowest BCUT2D eigenvalue weighted by Gasteiger charge is -2.37. The fourth-order valence-corrected chi connectivity index (χ4v) is 6.15. The summed E-state index contributed by atoms with van der Waals surface area (Å²) in [5.41, 5.74) is 6.71. The quantitative estimate of drug-likeness (QED) is 0.213. The summed E-state index contributed by atoms with van der Waals surface area (Å²) in [4.78, 5) is 27.9. The number of ether oxygens (including phenoxy) is 2. The number of carbonyl (C=O) groups excluding carboxylic acids is 2. The van der Waals surface area contributed by atoms with Crippen molar-refractivity contribution in [3.05, 3.63) is 160 Å². The van der Waals surface area contributed by atoms with Gasteiger partial charge in [0.15, 0.2) is 5.78 Å². The zero-order chi connectivity index (χ0) is 29.6. The summed E-state index contributed by atoms with van der Waals surface area (Å²) in [5.74, 6) is -0.277. The van der Waals surface area contributed by atoms with Gasteiger partial charge in [-0.15, -0.1) is 0 Å². The molecule has 0 spiro atoms. The summed E-state index contributed by atoms with van der Waals surface area (Å²) < 4.78 is 12.2. The van der Waals surface area contributed by atoms with Gasteiger partial charge in [-0.1, -0.05) is 109 Å². The average Bonchev–Trinajstić information content (AvgIpc) is 3.04. The van der Waals surface area contributed by atoms with E-state index in [0.29, 0.717) is 48.5 Å². The number of benzene rings is 4. The van der Waals surface area contributed by atoms with Crippen molar-refractivity contribution in [2.24, 2.45) is 0 Å². The topological polar surface area (TPSA) is 64.6 Å². The van der Waals surface area contributed by atoms with Gasteiger partial charge in [0.1, 0.15) is 12.4 Å². The van der Waals surface area contributed by atoms with Crippen LogP contribution in [-0.2, 0) is 27.4 Å². The maximum absolute atomic E-state index is 14.0. The Balaban J connectivity index is 1.35. The van der Waals surface area contributed by atoms with Gasteiger partial charge >= 0.3 is 5.97 Å². The molecular weight excluding hydrogens is 534 g/mol. The Kier molecular flexibility index (Phi) is 8.50. The minimum Gasteiger partial charge on any atom is -0.489 e. The minimum atomic E-state index is -0.600. The van der Waals surface area contributed by atoms with Crippen LogP contribution >= 0.6 is 0 Å². The van der Waals surface area contributed by atoms with Crippen LogP contribution in [0.4, 0.5) is 0 Å². The molecule has 2 aliphatic rings. The number of allylic oxidation sites excluding steroid dienone is 3. The van der Waals surface area contributed by atoms with Gasteiger partial charge in [-0.3, -0.25) is 4.79 Å². The van der Waals surface area contributed by atoms with Crippen molar-refractivity contribution in [2.75, 3.05) is 6.61 Å². The molecule has 1 aliphatic carbocycles. The SMILES string of the molecule is CC1=C(C(=O)OCCc2ccccc2)[C@@H](c2ccccc2OCc2ccccc2)C2=C(C[C@@H](c3ccccc3)CC2=O)N1. The Morgan fingerprint density at radius 2 is 1.42 bits per heavy atom. The lowest BCUT2D eigenvalue weighted by atomic mass is 9.71. The summed E-state index contributed by atoms with van der Waals surface area (Å²) in [6, 6.07) is 37.8. The molecule has 5 nitrogen and oxygen atoms in total. The number of esters is 1. The molecule has 216 valence electrons. The number of nitrogens with one attached hydrogen (secondary N) is 1.